The van der Waals surface area contributed by atoms with Gasteiger partial charge in [0.05, 0.1) is 12.1 Å². The smallest absolute Gasteiger partial charge is 0.250 e. The van der Waals surface area contributed by atoms with Gasteiger partial charge in [-0.2, -0.15) is 0 Å². The van der Waals surface area contributed by atoms with Gasteiger partial charge in [-0.25, -0.2) is 0 Å². The summed E-state index contributed by atoms with van der Waals surface area (Å²) in [6.07, 6.45) is 7.72. The third-order valence-corrected chi connectivity index (χ3v) is 7.07. The van der Waals surface area contributed by atoms with E-state index in [-0.39, 0.29) is 5.56 Å². The maximum absolute atomic E-state index is 11.8. The van der Waals surface area contributed by atoms with Gasteiger partial charge in [0.1, 0.15) is 5.75 Å². The minimum atomic E-state index is -0.0116. The van der Waals surface area contributed by atoms with Crippen LogP contribution in [0.25, 0.3) is 10.9 Å². The zero-order valence-corrected chi connectivity index (χ0v) is 22.0. The van der Waals surface area contributed by atoms with Crippen LogP contribution in [0.4, 0.5) is 0 Å². The van der Waals surface area contributed by atoms with Crippen molar-refractivity contribution >= 4 is 34.1 Å². The van der Waals surface area contributed by atoms with Crippen molar-refractivity contribution in [3.63, 3.8) is 0 Å². The molecule has 0 saturated carbocycles. The van der Waals surface area contributed by atoms with Crippen molar-refractivity contribution in [1.29, 1.82) is 0 Å². The summed E-state index contributed by atoms with van der Waals surface area (Å²) >= 11 is 12.9. The van der Waals surface area contributed by atoms with Crippen LogP contribution in [0.1, 0.15) is 30.4 Å². The summed E-state index contributed by atoms with van der Waals surface area (Å²) in [7, 11) is 1.78. The molecular formula is C29H31Cl2N3O2. The SMILES string of the molecule is Cn1c(=O)ccc2cc(OCCCCCN(CCc3cccnc3)Cc3c(Cl)cccc3Cl)ccc21. The van der Waals surface area contributed by atoms with Crippen molar-refractivity contribution in [2.45, 2.75) is 32.2 Å². The second kappa shape index (κ2) is 12.9. The molecule has 0 N–H and O–H groups in total. The standard InChI is InChI=1S/C29H31Cl2N3O2/c1-33-28-12-11-24(19-23(28)10-13-29(33)35)36-18-4-2-3-16-34(17-14-22-7-6-15-32-20-22)21-25-26(30)8-5-9-27(25)31/h5-13,15,19-20H,2-4,14,16-18,21H2,1H3. The minimum Gasteiger partial charge on any atom is -0.494 e. The van der Waals surface area contributed by atoms with E-state index < -0.39 is 0 Å². The number of fused-ring (bicyclic) bond motifs is 1. The maximum Gasteiger partial charge on any atom is 0.250 e. The second-order valence-electron chi connectivity index (χ2n) is 8.95. The van der Waals surface area contributed by atoms with Crippen LogP contribution in [-0.2, 0) is 20.0 Å². The van der Waals surface area contributed by atoms with E-state index in [0.29, 0.717) is 16.7 Å². The van der Waals surface area contributed by atoms with E-state index in [4.69, 9.17) is 27.9 Å². The van der Waals surface area contributed by atoms with Crippen molar-refractivity contribution in [1.82, 2.24) is 14.5 Å². The van der Waals surface area contributed by atoms with Crippen molar-refractivity contribution in [2.24, 2.45) is 7.05 Å². The normalized spacial score (nSPS) is 11.3. The Morgan fingerprint density at radius 3 is 2.56 bits per heavy atom. The van der Waals surface area contributed by atoms with Crippen molar-refractivity contribution in [2.75, 3.05) is 19.7 Å². The first-order valence-electron chi connectivity index (χ1n) is 12.3. The van der Waals surface area contributed by atoms with Gasteiger partial charge >= 0.3 is 0 Å². The van der Waals surface area contributed by atoms with E-state index in [0.717, 1.165) is 67.5 Å². The highest BCUT2D eigenvalue weighted by atomic mass is 35.5. The molecule has 0 spiro atoms. The zero-order chi connectivity index (χ0) is 25.3. The van der Waals surface area contributed by atoms with Gasteiger partial charge in [0, 0.05) is 59.6 Å². The molecule has 0 aliphatic carbocycles. The minimum absolute atomic E-state index is 0.0116. The van der Waals surface area contributed by atoms with Gasteiger partial charge in [-0.1, -0.05) is 35.3 Å². The van der Waals surface area contributed by atoms with Gasteiger partial charge in [-0.05, 0) is 80.3 Å². The molecule has 5 nitrogen and oxygen atoms in total. The van der Waals surface area contributed by atoms with Crippen molar-refractivity contribution in [3.8, 4) is 5.75 Å². The molecule has 0 bridgehead atoms. The van der Waals surface area contributed by atoms with Crippen LogP contribution in [0.2, 0.25) is 10.0 Å². The largest absolute Gasteiger partial charge is 0.494 e. The fourth-order valence-corrected chi connectivity index (χ4v) is 4.78. The molecule has 0 unspecified atom stereocenters. The molecule has 2 aromatic carbocycles. The fourth-order valence-electron chi connectivity index (χ4n) is 4.27. The molecule has 0 atom stereocenters. The van der Waals surface area contributed by atoms with Crippen LogP contribution in [0.3, 0.4) is 0 Å². The van der Waals surface area contributed by atoms with Crippen LogP contribution in [0, 0.1) is 0 Å². The summed E-state index contributed by atoms with van der Waals surface area (Å²) in [4.78, 5) is 18.4. The number of nitrogens with zero attached hydrogens (tertiary/aromatic N) is 3. The summed E-state index contributed by atoms with van der Waals surface area (Å²) in [5.41, 5.74) is 3.09. The van der Waals surface area contributed by atoms with Crippen LogP contribution in [0.5, 0.6) is 5.75 Å². The van der Waals surface area contributed by atoms with E-state index in [2.05, 4.69) is 16.0 Å². The molecule has 0 fully saturated rings. The number of benzene rings is 2. The Morgan fingerprint density at radius 1 is 0.944 bits per heavy atom. The monoisotopic (exact) mass is 523 g/mol. The molecule has 7 heteroatoms. The highest BCUT2D eigenvalue weighted by Gasteiger charge is 2.12. The lowest BCUT2D eigenvalue weighted by atomic mass is 10.1. The van der Waals surface area contributed by atoms with Crippen LogP contribution in [-0.4, -0.2) is 34.1 Å². The molecule has 36 heavy (non-hydrogen) atoms. The number of aryl methyl sites for hydroxylation is 1. The Hall–Kier alpha value is -2.86. The third kappa shape index (κ3) is 7.10. The first-order chi connectivity index (χ1) is 17.5. The average Bonchev–Trinajstić information content (AvgIpc) is 2.89. The number of hydrogen-bond donors (Lipinski definition) is 0. The Labute approximate surface area is 222 Å². The maximum atomic E-state index is 11.8. The zero-order valence-electron chi connectivity index (χ0n) is 20.5. The lowest BCUT2D eigenvalue weighted by Gasteiger charge is -2.23. The van der Waals surface area contributed by atoms with E-state index in [9.17, 15) is 4.79 Å². The predicted molar refractivity (Wildman–Crippen MR) is 148 cm³/mol. The van der Waals surface area contributed by atoms with E-state index in [1.165, 1.54) is 5.56 Å². The molecule has 2 aromatic heterocycles. The number of pyridine rings is 2. The number of ether oxygens (including phenoxy) is 1. The lowest BCUT2D eigenvalue weighted by molar-refractivity contribution is 0.254. The molecule has 0 saturated heterocycles. The van der Waals surface area contributed by atoms with Gasteiger partial charge in [-0.15, -0.1) is 0 Å². The number of aromatic nitrogens is 2. The number of halogens is 2. The molecule has 188 valence electrons. The molecule has 4 rings (SSSR count). The molecule has 0 amide bonds. The van der Waals surface area contributed by atoms with Gasteiger partial charge < -0.3 is 9.30 Å². The van der Waals surface area contributed by atoms with Gasteiger partial charge in [-0.3, -0.25) is 14.7 Å². The molecule has 0 radical (unpaired) electrons. The summed E-state index contributed by atoms with van der Waals surface area (Å²) in [6.45, 7) is 3.23. The molecule has 0 aliphatic heterocycles. The summed E-state index contributed by atoms with van der Waals surface area (Å²) < 4.78 is 7.63. The molecular weight excluding hydrogens is 493 g/mol. The highest BCUT2D eigenvalue weighted by Crippen LogP contribution is 2.26. The highest BCUT2D eigenvalue weighted by molar-refractivity contribution is 6.35. The van der Waals surface area contributed by atoms with Gasteiger partial charge in [0.2, 0.25) is 0 Å². The van der Waals surface area contributed by atoms with E-state index >= 15 is 0 Å². The Morgan fingerprint density at radius 2 is 1.78 bits per heavy atom. The predicted octanol–water partition coefficient (Wildman–Crippen LogP) is 6.53. The number of hydrogen-bond acceptors (Lipinski definition) is 4. The Balaban J connectivity index is 1.27. The van der Waals surface area contributed by atoms with Crippen LogP contribution in [0.15, 0.2) is 77.9 Å². The van der Waals surface area contributed by atoms with Gasteiger partial charge in [0.15, 0.2) is 0 Å². The second-order valence-corrected chi connectivity index (χ2v) is 9.76. The summed E-state index contributed by atoms with van der Waals surface area (Å²) in [5, 5.41) is 2.41. The third-order valence-electron chi connectivity index (χ3n) is 6.37. The lowest BCUT2D eigenvalue weighted by Crippen LogP contribution is -2.27. The van der Waals surface area contributed by atoms with Crippen molar-refractivity contribution < 1.29 is 4.74 Å². The van der Waals surface area contributed by atoms with E-state index in [1.807, 2.05) is 54.7 Å². The summed E-state index contributed by atoms with van der Waals surface area (Å²) in [6, 6.07) is 19.0. The number of unbranched alkanes of at least 4 members (excludes halogenated alkanes) is 2. The summed E-state index contributed by atoms with van der Waals surface area (Å²) in [5.74, 6) is 0.826. The quantitative estimate of drug-likeness (QED) is 0.198. The first kappa shape index (κ1) is 26.2. The fraction of sp³-hybridized carbons (Fsp3) is 0.310. The molecule has 0 aliphatic rings. The van der Waals surface area contributed by atoms with E-state index in [1.54, 1.807) is 23.9 Å². The Kier molecular flexibility index (Phi) is 9.40. The first-order valence-corrected chi connectivity index (χ1v) is 13.0. The van der Waals surface area contributed by atoms with Crippen LogP contribution >= 0.6 is 23.2 Å². The number of rotatable bonds is 12. The molecule has 2 heterocycles. The Bertz CT molecular complexity index is 1320. The van der Waals surface area contributed by atoms with Crippen LogP contribution < -0.4 is 10.3 Å². The topological polar surface area (TPSA) is 47.4 Å². The van der Waals surface area contributed by atoms with Crippen molar-refractivity contribution in [3.05, 3.63) is 105 Å². The van der Waals surface area contributed by atoms with Gasteiger partial charge in [0.25, 0.3) is 5.56 Å². The molecule has 4 aromatic rings. The average molecular weight is 524 g/mol.